The predicted molar refractivity (Wildman–Crippen MR) is 109 cm³/mol. The molecule has 0 bridgehead atoms. The average Bonchev–Trinajstić information content (AvgIpc) is 2.67. The van der Waals surface area contributed by atoms with Crippen LogP contribution < -0.4 is 10.2 Å². The van der Waals surface area contributed by atoms with Crippen LogP contribution in [0, 0.1) is 10.1 Å². The lowest BCUT2D eigenvalue weighted by Crippen LogP contribution is -2.37. The first-order valence-electron chi connectivity index (χ1n) is 9.29. The Morgan fingerprint density at radius 2 is 1.82 bits per heavy atom. The van der Waals surface area contributed by atoms with E-state index in [2.05, 4.69) is 26.1 Å². The van der Waals surface area contributed by atoms with Crippen LogP contribution >= 0.6 is 0 Å². The number of nitrogens with one attached hydrogen (secondary N) is 1. The van der Waals surface area contributed by atoms with E-state index in [9.17, 15) is 14.9 Å². The fourth-order valence-corrected chi connectivity index (χ4v) is 3.34. The van der Waals surface area contributed by atoms with Crippen molar-refractivity contribution in [1.29, 1.82) is 0 Å². The average molecular weight is 383 g/mol. The highest BCUT2D eigenvalue weighted by atomic mass is 16.6. The van der Waals surface area contributed by atoms with Gasteiger partial charge in [0.25, 0.3) is 11.6 Å². The van der Waals surface area contributed by atoms with Crippen LogP contribution in [0.15, 0.2) is 42.5 Å². The molecule has 0 radical (unpaired) electrons. The number of amides is 1. The van der Waals surface area contributed by atoms with Gasteiger partial charge in [0.2, 0.25) is 0 Å². The monoisotopic (exact) mass is 383 g/mol. The summed E-state index contributed by atoms with van der Waals surface area (Å²) in [7, 11) is 0. The molecule has 3 rings (SSSR count). The number of para-hydroxylation sites is 1. The molecular formula is C21H25N3O4. The van der Waals surface area contributed by atoms with Crippen molar-refractivity contribution in [2.45, 2.75) is 26.2 Å². The number of non-ortho nitro benzene ring substituents is 1. The lowest BCUT2D eigenvalue weighted by atomic mass is 9.86. The molecule has 7 heteroatoms. The van der Waals surface area contributed by atoms with Crippen LogP contribution in [0.2, 0.25) is 0 Å². The molecule has 0 aliphatic carbocycles. The van der Waals surface area contributed by atoms with Gasteiger partial charge in [-0.25, -0.2) is 0 Å². The first-order valence-corrected chi connectivity index (χ1v) is 9.29. The van der Waals surface area contributed by atoms with E-state index in [1.807, 2.05) is 29.2 Å². The molecule has 1 aliphatic rings. The van der Waals surface area contributed by atoms with E-state index >= 15 is 0 Å². The third-order valence-corrected chi connectivity index (χ3v) is 4.77. The molecule has 0 atom stereocenters. The number of nitro benzene ring substituents is 1. The van der Waals surface area contributed by atoms with Gasteiger partial charge in [0.1, 0.15) is 0 Å². The number of carbonyl (C=O) groups is 1. The van der Waals surface area contributed by atoms with Crippen molar-refractivity contribution in [3.8, 4) is 0 Å². The second kappa shape index (κ2) is 7.98. The van der Waals surface area contributed by atoms with E-state index in [4.69, 9.17) is 4.74 Å². The molecular weight excluding hydrogens is 358 g/mol. The highest BCUT2D eigenvalue weighted by Gasteiger charge is 2.24. The number of hydrogen-bond acceptors (Lipinski definition) is 5. The maximum atomic E-state index is 13.1. The van der Waals surface area contributed by atoms with Crippen LogP contribution in [-0.4, -0.2) is 37.1 Å². The molecule has 1 saturated heterocycles. The predicted octanol–water partition coefficient (Wildman–Crippen LogP) is 3.98. The Morgan fingerprint density at radius 1 is 1.14 bits per heavy atom. The minimum Gasteiger partial charge on any atom is -0.378 e. The van der Waals surface area contributed by atoms with Gasteiger partial charge >= 0.3 is 0 Å². The van der Waals surface area contributed by atoms with Crippen LogP contribution in [-0.2, 0) is 10.2 Å². The van der Waals surface area contributed by atoms with E-state index < -0.39 is 4.92 Å². The quantitative estimate of drug-likeness (QED) is 0.638. The summed E-state index contributed by atoms with van der Waals surface area (Å²) in [5.41, 5.74) is 2.42. The maximum absolute atomic E-state index is 13.1. The molecule has 7 nitrogen and oxygen atoms in total. The largest absolute Gasteiger partial charge is 0.378 e. The molecule has 1 aliphatic heterocycles. The standard InChI is InChI=1S/C21H25N3O4/c1-21(2,3)17-6-4-5-7-18(17)22-20(25)16-14-15(24(26)27)8-9-19(16)23-10-12-28-13-11-23/h4-9,14H,10-13H2,1-3H3,(H,22,25). The molecule has 148 valence electrons. The fourth-order valence-electron chi connectivity index (χ4n) is 3.34. The van der Waals surface area contributed by atoms with Crippen molar-refractivity contribution in [1.82, 2.24) is 0 Å². The van der Waals surface area contributed by atoms with Crippen LogP contribution in [0.4, 0.5) is 17.1 Å². The number of rotatable bonds is 4. The van der Waals surface area contributed by atoms with Gasteiger partial charge in [-0.15, -0.1) is 0 Å². The first kappa shape index (κ1) is 19.8. The molecule has 28 heavy (non-hydrogen) atoms. The Morgan fingerprint density at radius 3 is 2.46 bits per heavy atom. The first-order chi connectivity index (χ1) is 13.3. The summed E-state index contributed by atoms with van der Waals surface area (Å²) < 4.78 is 5.38. The maximum Gasteiger partial charge on any atom is 0.270 e. The third-order valence-electron chi connectivity index (χ3n) is 4.77. The normalized spacial score (nSPS) is 14.6. The van der Waals surface area contributed by atoms with Crippen LogP contribution in [0.5, 0.6) is 0 Å². The van der Waals surface area contributed by atoms with Gasteiger partial charge in [-0.2, -0.15) is 0 Å². The van der Waals surface area contributed by atoms with Crippen LogP contribution in [0.1, 0.15) is 36.7 Å². The second-order valence-electron chi connectivity index (χ2n) is 7.81. The molecule has 0 saturated carbocycles. The summed E-state index contributed by atoms with van der Waals surface area (Å²) in [5, 5.41) is 14.2. The van der Waals surface area contributed by atoms with Gasteiger partial charge < -0.3 is 15.0 Å². The van der Waals surface area contributed by atoms with Crippen molar-refractivity contribution in [2.24, 2.45) is 0 Å². The fraction of sp³-hybridized carbons (Fsp3) is 0.381. The zero-order valence-electron chi connectivity index (χ0n) is 16.4. The molecule has 0 unspecified atom stereocenters. The highest BCUT2D eigenvalue weighted by molar-refractivity contribution is 6.09. The van der Waals surface area contributed by atoms with Crippen molar-refractivity contribution < 1.29 is 14.5 Å². The molecule has 0 spiro atoms. The van der Waals surface area contributed by atoms with Gasteiger partial charge in [-0.1, -0.05) is 39.0 Å². The van der Waals surface area contributed by atoms with E-state index in [0.29, 0.717) is 43.2 Å². The summed E-state index contributed by atoms with van der Waals surface area (Å²) in [5.74, 6) is -0.359. The second-order valence-corrected chi connectivity index (χ2v) is 7.81. The van der Waals surface area contributed by atoms with Gasteiger partial charge in [-0.3, -0.25) is 14.9 Å². The number of ether oxygens (including phenoxy) is 1. The van der Waals surface area contributed by atoms with Crippen molar-refractivity contribution in [3.63, 3.8) is 0 Å². The molecule has 1 fully saturated rings. The number of hydrogen-bond donors (Lipinski definition) is 1. The lowest BCUT2D eigenvalue weighted by molar-refractivity contribution is -0.384. The summed E-state index contributed by atoms with van der Waals surface area (Å²) in [6.07, 6.45) is 0. The Labute approximate surface area is 164 Å². The molecule has 1 N–H and O–H groups in total. The summed E-state index contributed by atoms with van der Waals surface area (Å²) in [6, 6.07) is 12.1. The van der Waals surface area contributed by atoms with Crippen molar-refractivity contribution in [3.05, 3.63) is 63.7 Å². The Bertz CT molecular complexity index is 883. The minimum absolute atomic E-state index is 0.105. The number of nitro groups is 1. The molecule has 1 amide bonds. The summed E-state index contributed by atoms with van der Waals surface area (Å²) in [4.78, 5) is 25.9. The number of nitrogens with zero attached hydrogens (tertiary/aromatic N) is 2. The highest BCUT2D eigenvalue weighted by Crippen LogP contribution is 2.31. The zero-order chi connectivity index (χ0) is 20.3. The number of anilines is 2. The van der Waals surface area contributed by atoms with Crippen LogP contribution in [0.25, 0.3) is 0 Å². The van der Waals surface area contributed by atoms with E-state index in [1.54, 1.807) is 6.07 Å². The Balaban J connectivity index is 1.98. The lowest BCUT2D eigenvalue weighted by Gasteiger charge is -2.30. The Hall–Kier alpha value is -2.93. The third kappa shape index (κ3) is 4.31. The number of morpholine rings is 1. The van der Waals surface area contributed by atoms with Gasteiger partial charge in [0, 0.05) is 30.9 Å². The van der Waals surface area contributed by atoms with Crippen LogP contribution in [0.3, 0.4) is 0 Å². The topological polar surface area (TPSA) is 84.7 Å². The summed E-state index contributed by atoms with van der Waals surface area (Å²) >= 11 is 0. The molecule has 1 heterocycles. The SMILES string of the molecule is CC(C)(C)c1ccccc1NC(=O)c1cc([N+](=O)[O-])ccc1N1CCOCC1. The van der Waals surface area contributed by atoms with Crippen molar-refractivity contribution >= 4 is 23.0 Å². The zero-order valence-corrected chi connectivity index (χ0v) is 16.4. The van der Waals surface area contributed by atoms with Gasteiger partial charge in [0.15, 0.2) is 0 Å². The number of carbonyl (C=O) groups excluding carboxylic acids is 1. The smallest absolute Gasteiger partial charge is 0.270 e. The van der Waals surface area contributed by atoms with Gasteiger partial charge in [-0.05, 0) is 23.1 Å². The number of benzene rings is 2. The molecule has 0 aromatic heterocycles. The van der Waals surface area contributed by atoms with E-state index in [0.717, 1.165) is 5.56 Å². The van der Waals surface area contributed by atoms with E-state index in [-0.39, 0.29) is 17.0 Å². The molecule has 2 aromatic rings. The van der Waals surface area contributed by atoms with Gasteiger partial charge in [0.05, 0.1) is 29.4 Å². The van der Waals surface area contributed by atoms with E-state index in [1.165, 1.54) is 12.1 Å². The summed E-state index contributed by atoms with van der Waals surface area (Å²) in [6.45, 7) is 8.61. The van der Waals surface area contributed by atoms with Crippen molar-refractivity contribution in [2.75, 3.05) is 36.5 Å². The minimum atomic E-state index is -0.483. The Kier molecular flexibility index (Phi) is 5.65. The molecule has 2 aromatic carbocycles.